The Bertz CT molecular complexity index is 46.5. The summed E-state index contributed by atoms with van der Waals surface area (Å²) in [6.45, 7) is 3.43. The third-order valence-corrected chi connectivity index (χ3v) is 0.498. The van der Waals surface area contributed by atoms with Crippen LogP contribution in [0.1, 0.15) is 20.3 Å². The summed E-state index contributed by atoms with van der Waals surface area (Å²) in [7, 11) is 0. The molecule has 0 rings (SSSR count). The van der Waals surface area contributed by atoms with Crippen molar-refractivity contribution in [2.24, 2.45) is 0 Å². The van der Waals surface area contributed by atoms with E-state index in [4.69, 9.17) is 10.5 Å². The SMILES string of the molecule is CCC(C)=O.OO.[AlH3]. The zero-order chi connectivity index (χ0) is 6.28. The molecular weight excluding hydrogens is 123 g/mol. The monoisotopic (exact) mass is 136 g/mol. The summed E-state index contributed by atoms with van der Waals surface area (Å²) >= 11 is 0. The van der Waals surface area contributed by atoms with Crippen molar-refractivity contribution in [3.05, 3.63) is 0 Å². The molecule has 0 fully saturated rings. The Kier molecular flexibility index (Phi) is 30.8. The van der Waals surface area contributed by atoms with E-state index in [0.717, 1.165) is 0 Å². The maximum atomic E-state index is 9.81. The second-order valence-corrected chi connectivity index (χ2v) is 1.06. The van der Waals surface area contributed by atoms with Crippen LogP contribution in [0.3, 0.4) is 0 Å². The summed E-state index contributed by atoms with van der Waals surface area (Å²) < 4.78 is 0. The van der Waals surface area contributed by atoms with Crippen molar-refractivity contribution < 1.29 is 15.3 Å². The Balaban J connectivity index is -0.0000000750. The van der Waals surface area contributed by atoms with E-state index in [2.05, 4.69) is 0 Å². The molecular formula is C4H13AlO3. The van der Waals surface area contributed by atoms with Crippen LogP contribution in [0.4, 0.5) is 0 Å². The van der Waals surface area contributed by atoms with Gasteiger partial charge in [-0.3, -0.25) is 10.5 Å². The molecule has 0 aromatic heterocycles. The molecule has 0 atom stereocenters. The highest BCUT2D eigenvalue weighted by Gasteiger charge is 1.76. The van der Waals surface area contributed by atoms with E-state index in [0.29, 0.717) is 6.42 Å². The Labute approximate surface area is 59.4 Å². The van der Waals surface area contributed by atoms with Crippen molar-refractivity contribution in [1.29, 1.82) is 0 Å². The minimum Gasteiger partial charge on any atom is -0.300 e. The summed E-state index contributed by atoms with van der Waals surface area (Å²) in [6.07, 6.45) is 0.667. The Morgan fingerprint density at radius 3 is 1.62 bits per heavy atom. The van der Waals surface area contributed by atoms with Gasteiger partial charge in [-0.25, -0.2) is 0 Å². The maximum Gasteiger partial charge on any atom is 0.187 e. The van der Waals surface area contributed by atoms with Gasteiger partial charge in [0.15, 0.2) is 17.4 Å². The molecule has 50 valence electrons. The van der Waals surface area contributed by atoms with Gasteiger partial charge in [0.25, 0.3) is 0 Å². The first-order valence-electron chi connectivity index (χ1n) is 1.96. The lowest BCUT2D eigenvalue weighted by Crippen LogP contribution is -1.80. The van der Waals surface area contributed by atoms with Crippen LogP contribution in [0.15, 0.2) is 0 Å². The average molecular weight is 136 g/mol. The lowest BCUT2D eigenvalue weighted by molar-refractivity contribution is -0.176. The van der Waals surface area contributed by atoms with Crippen LogP contribution in [0.5, 0.6) is 0 Å². The number of hydrogen-bond donors (Lipinski definition) is 2. The van der Waals surface area contributed by atoms with Crippen LogP contribution in [0.2, 0.25) is 0 Å². The fraction of sp³-hybridized carbons (Fsp3) is 0.750. The maximum absolute atomic E-state index is 9.81. The Morgan fingerprint density at radius 1 is 1.50 bits per heavy atom. The largest absolute Gasteiger partial charge is 0.300 e. The standard InChI is InChI=1S/C4H8O.Al.H2O2.3H/c1-3-4(2)5;;1-2;;;/h3H2,1-2H3;;1-2H;;;. The second-order valence-electron chi connectivity index (χ2n) is 1.06. The molecule has 3 nitrogen and oxygen atoms in total. The predicted molar refractivity (Wildman–Crippen MR) is 36.2 cm³/mol. The van der Waals surface area contributed by atoms with Crippen LogP contribution in [0.25, 0.3) is 0 Å². The molecule has 0 radical (unpaired) electrons. The molecule has 0 aromatic rings. The topological polar surface area (TPSA) is 57.5 Å². The Hall–Kier alpha value is 0.122. The number of carbonyl (C=O) groups is 1. The zero-order valence-electron chi connectivity index (χ0n) is 4.51. The fourth-order valence-corrected chi connectivity index (χ4v) is 0. The van der Waals surface area contributed by atoms with Crippen LogP contribution >= 0.6 is 0 Å². The molecule has 0 heterocycles. The number of Topliss-reactive ketones (excluding diaryl/α,β-unsaturated/α-hetero) is 1. The first-order valence-corrected chi connectivity index (χ1v) is 1.96. The molecule has 0 aliphatic rings. The third kappa shape index (κ3) is 35.7. The first-order chi connectivity index (χ1) is 3.27. The van der Waals surface area contributed by atoms with Gasteiger partial charge >= 0.3 is 0 Å². The highest BCUT2D eigenvalue weighted by Crippen LogP contribution is 1.71. The average Bonchev–Trinajstić information content (AvgIpc) is 1.73. The molecule has 0 saturated carbocycles. The lowest BCUT2D eigenvalue weighted by atomic mass is 10.4. The van der Waals surface area contributed by atoms with Gasteiger partial charge in [0.2, 0.25) is 0 Å². The van der Waals surface area contributed by atoms with Crippen LogP contribution in [0, 0.1) is 0 Å². The van der Waals surface area contributed by atoms with Crippen molar-refractivity contribution >= 4 is 23.1 Å². The molecule has 0 aliphatic heterocycles. The van der Waals surface area contributed by atoms with E-state index in [9.17, 15) is 4.79 Å². The number of hydrogen-bond acceptors (Lipinski definition) is 3. The van der Waals surface area contributed by atoms with Gasteiger partial charge in [-0.1, -0.05) is 6.92 Å². The molecule has 2 N–H and O–H groups in total. The minimum atomic E-state index is 0. The normalized spacial score (nSPS) is 5.50. The number of ketones is 1. The molecule has 4 heteroatoms. The van der Waals surface area contributed by atoms with Crippen LogP contribution in [-0.2, 0) is 4.79 Å². The van der Waals surface area contributed by atoms with E-state index >= 15 is 0 Å². The van der Waals surface area contributed by atoms with Crippen molar-refractivity contribution in [1.82, 2.24) is 0 Å². The molecule has 0 aromatic carbocycles. The molecule has 0 unspecified atom stereocenters. The minimum absolute atomic E-state index is 0. The highest BCUT2D eigenvalue weighted by atomic mass is 27.0. The summed E-state index contributed by atoms with van der Waals surface area (Å²) in [4.78, 5) is 9.81. The van der Waals surface area contributed by atoms with Gasteiger partial charge in [-0.15, -0.1) is 0 Å². The molecule has 0 amide bonds. The van der Waals surface area contributed by atoms with Gasteiger partial charge in [0, 0.05) is 6.42 Å². The van der Waals surface area contributed by atoms with E-state index in [-0.39, 0.29) is 23.1 Å². The lowest BCUT2D eigenvalue weighted by Gasteiger charge is -1.71. The van der Waals surface area contributed by atoms with E-state index < -0.39 is 0 Å². The van der Waals surface area contributed by atoms with Crippen molar-refractivity contribution in [3.8, 4) is 0 Å². The van der Waals surface area contributed by atoms with E-state index in [1.54, 1.807) is 6.92 Å². The molecule has 0 bridgehead atoms. The zero-order valence-corrected chi connectivity index (χ0v) is 4.51. The first kappa shape index (κ1) is 15.7. The second kappa shape index (κ2) is 15.7. The third-order valence-electron chi connectivity index (χ3n) is 0.498. The van der Waals surface area contributed by atoms with Gasteiger partial charge in [-0.05, 0) is 6.92 Å². The van der Waals surface area contributed by atoms with Crippen LogP contribution in [-0.4, -0.2) is 33.7 Å². The Morgan fingerprint density at radius 2 is 1.62 bits per heavy atom. The summed E-state index contributed by atoms with van der Waals surface area (Å²) in [5, 5.41) is 12.0. The van der Waals surface area contributed by atoms with Gasteiger partial charge in [0.1, 0.15) is 5.78 Å². The van der Waals surface area contributed by atoms with Crippen molar-refractivity contribution in [2.45, 2.75) is 20.3 Å². The molecule has 8 heavy (non-hydrogen) atoms. The van der Waals surface area contributed by atoms with Gasteiger partial charge < -0.3 is 4.79 Å². The van der Waals surface area contributed by atoms with E-state index in [1.807, 2.05) is 6.92 Å². The fourth-order valence-electron chi connectivity index (χ4n) is 0. The predicted octanol–water partition coefficient (Wildman–Crippen LogP) is -0.181. The van der Waals surface area contributed by atoms with Gasteiger partial charge in [0.05, 0.1) is 0 Å². The summed E-state index contributed by atoms with van der Waals surface area (Å²) in [5.41, 5.74) is 0. The summed E-state index contributed by atoms with van der Waals surface area (Å²) in [6, 6.07) is 0. The van der Waals surface area contributed by atoms with Crippen molar-refractivity contribution in [2.75, 3.05) is 0 Å². The smallest absolute Gasteiger partial charge is 0.187 e. The summed E-state index contributed by atoms with van der Waals surface area (Å²) in [5.74, 6) is 0.255. The number of rotatable bonds is 1. The quantitative estimate of drug-likeness (QED) is 0.298. The van der Waals surface area contributed by atoms with Crippen LogP contribution < -0.4 is 0 Å². The molecule has 0 spiro atoms. The van der Waals surface area contributed by atoms with E-state index in [1.165, 1.54) is 0 Å². The highest BCUT2D eigenvalue weighted by molar-refractivity contribution is 5.75. The number of carbonyl (C=O) groups excluding carboxylic acids is 1. The molecule has 0 aliphatic carbocycles. The van der Waals surface area contributed by atoms with Gasteiger partial charge in [-0.2, -0.15) is 0 Å². The molecule has 0 saturated heterocycles. The van der Waals surface area contributed by atoms with Crippen molar-refractivity contribution in [3.63, 3.8) is 0 Å².